The van der Waals surface area contributed by atoms with Gasteiger partial charge in [-0.1, -0.05) is 29.8 Å². The van der Waals surface area contributed by atoms with Gasteiger partial charge in [-0.3, -0.25) is 9.78 Å². The molecule has 0 spiro atoms. The van der Waals surface area contributed by atoms with Crippen molar-refractivity contribution in [3.05, 3.63) is 47.6 Å². The molecule has 5 heteroatoms. The maximum atomic E-state index is 11.9. The molecule has 0 aliphatic heterocycles. The van der Waals surface area contributed by atoms with E-state index in [0.717, 1.165) is 15.8 Å². The summed E-state index contributed by atoms with van der Waals surface area (Å²) in [6.45, 7) is 3.96. The highest BCUT2D eigenvalue weighted by molar-refractivity contribution is 7.98. The number of halogens is 1. The number of aromatic nitrogens is 1. The number of nitrogens with one attached hydrogen (secondary N) is 1. The van der Waals surface area contributed by atoms with Crippen molar-refractivity contribution in [1.82, 2.24) is 10.3 Å². The van der Waals surface area contributed by atoms with Crippen molar-refractivity contribution < 1.29 is 4.79 Å². The number of hydrogen-bond donors (Lipinski definition) is 1. The average molecular weight is 293 g/mol. The van der Waals surface area contributed by atoms with Crippen molar-refractivity contribution in [3.8, 4) is 0 Å². The van der Waals surface area contributed by atoms with Crippen LogP contribution in [0.5, 0.6) is 0 Å². The summed E-state index contributed by atoms with van der Waals surface area (Å²) < 4.78 is 0. The fourth-order valence-corrected chi connectivity index (χ4v) is 2.60. The van der Waals surface area contributed by atoms with Crippen molar-refractivity contribution >= 4 is 40.2 Å². The van der Waals surface area contributed by atoms with Crippen LogP contribution in [0.1, 0.15) is 10.4 Å². The standard InChI is InChI=1S/C14H13ClN2OS/c1-3-7-16-14(18)10-8-17-13-9(12(10)15)5-4-6-11(13)19-2/h3-6,8H,1,7H2,2H3,(H,16,18). The minimum atomic E-state index is -0.242. The maximum Gasteiger partial charge on any atom is 0.254 e. The summed E-state index contributed by atoms with van der Waals surface area (Å²) in [5.74, 6) is -0.242. The normalized spacial score (nSPS) is 10.4. The summed E-state index contributed by atoms with van der Waals surface area (Å²) in [6, 6.07) is 5.76. The van der Waals surface area contributed by atoms with Crippen LogP contribution in [0, 0.1) is 0 Å². The Balaban J connectivity index is 2.52. The third-order valence-electron chi connectivity index (χ3n) is 2.67. The molecular weight excluding hydrogens is 280 g/mol. The monoisotopic (exact) mass is 292 g/mol. The van der Waals surface area contributed by atoms with Crippen LogP contribution < -0.4 is 5.32 Å². The molecule has 3 nitrogen and oxygen atoms in total. The molecule has 1 N–H and O–H groups in total. The molecule has 1 aromatic carbocycles. The number of hydrogen-bond acceptors (Lipinski definition) is 3. The molecule has 0 saturated heterocycles. The molecule has 0 aliphatic carbocycles. The molecule has 1 heterocycles. The fraction of sp³-hybridized carbons (Fsp3) is 0.143. The highest BCUT2D eigenvalue weighted by atomic mass is 35.5. The Morgan fingerprint density at radius 2 is 2.37 bits per heavy atom. The summed E-state index contributed by atoms with van der Waals surface area (Å²) in [6.07, 6.45) is 5.12. The lowest BCUT2D eigenvalue weighted by atomic mass is 10.1. The topological polar surface area (TPSA) is 42.0 Å². The highest BCUT2D eigenvalue weighted by Crippen LogP contribution is 2.31. The van der Waals surface area contributed by atoms with Gasteiger partial charge in [-0.15, -0.1) is 18.3 Å². The molecule has 0 radical (unpaired) electrons. The second kappa shape index (κ2) is 6.08. The fourth-order valence-electron chi connectivity index (χ4n) is 1.75. The van der Waals surface area contributed by atoms with E-state index in [-0.39, 0.29) is 5.91 Å². The van der Waals surface area contributed by atoms with E-state index in [4.69, 9.17) is 11.6 Å². The molecular formula is C14H13ClN2OS. The van der Waals surface area contributed by atoms with Crippen molar-refractivity contribution in [3.63, 3.8) is 0 Å². The molecule has 2 aromatic rings. The van der Waals surface area contributed by atoms with Crippen molar-refractivity contribution in [1.29, 1.82) is 0 Å². The molecule has 19 heavy (non-hydrogen) atoms. The van der Waals surface area contributed by atoms with Crippen molar-refractivity contribution in [2.24, 2.45) is 0 Å². The number of fused-ring (bicyclic) bond motifs is 1. The minimum Gasteiger partial charge on any atom is -0.348 e. The number of pyridine rings is 1. The quantitative estimate of drug-likeness (QED) is 0.692. The lowest BCUT2D eigenvalue weighted by molar-refractivity contribution is 0.0958. The number of amides is 1. The van der Waals surface area contributed by atoms with Crippen molar-refractivity contribution in [2.75, 3.05) is 12.8 Å². The van der Waals surface area contributed by atoms with Gasteiger partial charge in [0.15, 0.2) is 0 Å². The summed E-state index contributed by atoms with van der Waals surface area (Å²) >= 11 is 7.91. The van der Waals surface area contributed by atoms with E-state index in [1.165, 1.54) is 6.20 Å². The van der Waals surface area contributed by atoms with E-state index in [2.05, 4.69) is 16.9 Å². The second-order valence-electron chi connectivity index (χ2n) is 3.84. The number of carbonyl (C=O) groups is 1. The van der Waals surface area contributed by atoms with Gasteiger partial charge in [0.05, 0.1) is 16.1 Å². The predicted octanol–water partition coefficient (Wildman–Crippen LogP) is 3.53. The Kier molecular flexibility index (Phi) is 4.45. The molecule has 0 saturated carbocycles. The first kappa shape index (κ1) is 13.9. The summed E-state index contributed by atoms with van der Waals surface area (Å²) in [5, 5.41) is 3.92. The summed E-state index contributed by atoms with van der Waals surface area (Å²) in [4.78, 5) is 17.3. The Bertz CT molecular complexity index is 643. The number of rotatable bonds is 4. The van der Waals surface area contributed by atoms with E-state index in [1.807, 2.05) is 24.5 Å². The first-order chi connectivity index (χ1) is 9.19. The van der Waals surface area contributed by atoms with E-state index in [0.29, 0.717) is 17.1 Å². The van der Waals surface area contributed by atoms with E-state index in [1.54, 1.807) is 17.8 Å². The van der Waals surface area contributed by atoms with Crippen LogP contribution in [0.2, 0.25) is 5.02 Å². The van der Waals surface area contributed by atoms with Crippen LogP contribution in [0.25, 0.3) is 10.9 Å². The van der Waals surface area contributed by atoms with E-state index < -0.39 is 0 Å². The molecule has 98 valence electrons. The Morgan fingerprint density at radius 3 is 3.05 bits per heavy atom. The van der Waals surface area contributed by atoms with Gasteiger partial charge in [-0.05, 0) is 12.3 Å². The zero-order chi connectivity index (χ0) is 13.8. The Labute approximate surface area is 121 Å². The molecule has 0 bridgehead atoms. The van der Waals surface area contributed by atoms with Crippen molar-refractivity contribution in [2.45, 2.75) is 4.90 Å². The first-order valence-electron chi connectivity index (χ1n) is 5.69. The Morgan fingerprint density at radius 1 is 1.58 bits per heavy atom. The highest BCUT2D eigenvalue weighted by Gasteiger charge is 2.14. The maximum absolute atomic E-state index is 11.9. The van der Waals surface area contributed by atoms with Gasteiger partial charge in [-0.2, -0.15) is 0 Å². The smallest absolute Gasteiger partial charge is 0.254 e. The molecule has 0 unspecified atom stereocenters. The lowest BCUT2D eigenvalue weighted by Crippen LogP contribution is -2.23. The summed E-state index contributed by atoms with van der Waals surface area (Å²) in [7, 11) is 0. The van der Waals surface area contributed by atoms with Gasteiger partial charge >= 0.3 is 0 Å². The number of nitrogens with zero attached hydrogens (tertiary/aromatic N) is 1. The van der Waals surface area contributed by atoms with Crippen LogP contribution in [-0.2, 0) is 0 Å². The second-order valence-corrected chi connectivity index (χ2v) is 5.07. The van der Waals surface area contributed by atoms with Crippen LogP contribution in [-0.4, -0.2) is 23.7 Å². The average Bonchev–Trinajstić information content (AvgIpc) is 2.44. The zero-order valence-electron chi connectivity index (χ0n) is 10.4. The van der Waals surface area contributed by atoms with Gasteiger partial charge < -0.3 is 5.32 Å². The zero-order valence-corrected chi connectivity index (χ0v) is 12.0. The van der Waals surface area contributed by atoms with Crippen LogP contribution in [0.4, 0.5) is 0 Å². The third-order valence-corrected chi connectivity index (χ3v) is 3.84. The van der Waals surface area contributed by atoms with E-state index >= 15 is 0 Å². The van der Waals surface area contributed by atoms with E-state index in [9.17, 15) is 4.79 Å². The summed E-state index contributed by atoms with van der Waals surface area (Å²) in [5.41, 5.74) is 1.20. The van der Waals surface area contributed by atoms with Gasteiger partial charge in [0.1, 0.15) is 0 Å². The number of para-hydroxylation sites is 1. The minimum absolute atomic E-state index is 0.242. The van der Waals surface area contributed by atoms with Gasteiger partial charge in [-0.25, -0.2) is 0 Å². The number of carbonyl (C=O) groups excluding carboxylic acids is 1. The molecule has 1 aromatic heterocycles. The number of thioether (sulfide) groups is 1. The predicted molar refractivity (Wildman–Crippen MR) is 81.1 cm³/mol. The van der Waals surface area contributed by atoms with Crippen LogP contribution >= 0.6 is 23.4 Å². The largest absolute Gasteiger partial charge is 0.348 e. The SMILES string of the molecule is C=CCNC(=O)c1cnc2c(SC)cccc2c1Cl. The number of benzene rings is 1. The lowest BCUT2D eigenvalue weighted by Gasteiger charge is -2.09. The first-order valence-corrected chi connectivity index (χ1v) is 7.29. The molecule has 0 atom stereocenters. The van der Waals surface area contributed by atoms with Gasteiger partial charge in [0.25, 0.3) is 5.91 Å². The Hall–Kier alpha value is -1.52. The van der Waals surface area contributed by atoms with Crippen LogP contribution in [0.15, 0.2) is 41.9 Å². The third kappa shape index (κ3) is 2.74. The van der Waals surface area contributed by atoms with Gasteiger partial charge in [0.2, 0.25) is 0 Å². The molecule has 0 aliphatic rings. The molecule has 0 fully saturated rings. The molecule has 2 rings (SSSR count). The van der Waals surface area contributed by atoms with Gasteiger partial charge in [0, 0.05) is 23.0 Å². The van der Waals surface area contributed by atoms with Crippen LogP contribution in [0.3, 0.4) is 0 Å². The molecule has 1 amide bonds.